The molecule has 0 unspecified atom stereocenters. The molecule has 1 amide bonds. The van der Waals surface area contributed by atoms with Gasteiger partial charge in [-0.15, -0.1) is 11.8 Å². The molecule has 1 saturated heterocycles. The Morgan fingerprint density at radius 2 is 1.39 bits per heavy atom. The van der Waals surface area contributed by atoms with Crippen LogP contribution in [-0.2, 0) is 24.8 Å². The number of sulfonamides is 2. The number of hydrogen-bond acceptors (Lipinski definition) is 6. The van der Waals surface area contributed by atoms with Gasteiger partial charge in [-0.3, -0.25) is 9.52 Å². The number of carbonyl (C=O) groups is 1. The molecule has 0 radical (unpaired) electrons. The molecule has 8 nitrogen and oxygen atoms in total. The van der Waals surface area contributed by atoms with Gasteiger partial charge in [-0.1, -0.05) is 18.2 Å². The lowest BCUT2D eigenvalue weighted by atomic mass is 9.97. The average Bonchev–Trinajstić information content (AvgIpc) is 2.91. The quantitative estimate of drug-likeness (QED) is 0.372. The first-order valence-corrected chi connectivity index (χ1v) is 16.3. The lowest BCUT2D eigenvalue weighted by Gasteiger charge is -2.30. The van der Waals surface area contributed by atoms with Gasteiger partial charge in [0, 0.05) is 29.6 Å². The highest BCUT2D eigenvalue weighted by Crippen LogP contribution is 2.27. The van der Waals surface area contributed by atoms with Gasteiger partial charge in [-0.05, 0) is 92.6 Å². The van der Waals surface area contributed by atoms with E-state index in [2.05, 4.69) is 10.0 Å². The van der Waals surface area contributed by atoms with E-state index in [1.807, 2.05) is 38.3 Å². The zero-order valence-electron chi connectivity index (χ0n) is 21.5. The molecule has 3 aromatic rings. The molecule has 11 heteroatoms. The van der Waals surface area contributed by atoms with Crippen molar-refractivity contribution in [3.05, 3.63) is 77.9 Å². The molecule has 0 bridgehead atoms. The number of piperidine rings is 1. The average molecular weight is 574 g/mol. The van der Waals surface area contributed by atoms with Crippen LogP contribution in [0.25, 0.3) is 0 Å². The third kappa shape index (κ3) is 6.23. The van der Waals surface area contributed by atoms with Crippen molar-refractivity contribution in [2.24, 2.45) is 5.92 Å². The standard InChI is InChI=1S/C27H31N3O5S3/c1-19-5-4-6-20(2)26(19)29-37(32,33)24-11-7-22(8-12-24)28-27(31)21-15-17-30(18-16-21)38(34,35)25-13-9-23(36-3)10-14-25/h4-14,21,29H,15-18H2,1-3H3,(H,28,31). The van der Waals surface area contributed by atoms with Gasteiger partial charge in [0.15, 0.2) is 0 Å². The molecule has 202 valence electrons. The summed E-state index contributed by atoms with van der Waals surface area (Å²) < 4.78 is 55.8. The Balaban J connectivity index is 1.35. The van der Waals surface area contributed by atoms with Crippen LogP contribution >= 0.6 is 11.8 Å². The van der Waals surface area contributed by atoms with Crippen LogP contribution in [-0.4, -0.2) is 46.4 Å². The third-order valence-corrected chi connectivity index (χ3v) is 10.7. The number of thioether (sulfide) groups is 1. The van der Waals surface area contributed by atoms with Crippen LogP contribution in [0.4, 0.5) is 11.4 Å². The van der Waals surface area contributed by atoms with Crippen LogP contribution in [0.15, 0.2) is 81.4 Å². The Labute approximate surface area is 228 Å². The van der Waals surface area contributed by atoms with Crippen molar-refractivity contribution in [3.8, 4) is 0 Å². The van der Waals surface area contributed by atoms with Crippen LogP contribution < -0.4 is 10.0 Å². The van der Waals surface area contributed by atoms with E-state index in [-0.39, 0.29) is 34.7 Å². The number of nitrogens with one attached hydrogen (secondary N) is 2. The van der Waals surface area contributed by atoms with Gasteiger partial charge in [0.2, 0.25) is 15.9 Å². The summed E-state index contributed by atoms with van der Waals surface area (Å²) >= 11 is 1.54. The van der Waals surface area contributed by atoms with Gasteiger partial charge in [0.05, 0.1) is 15.5 Å². The summed E-state index contributed by atoms with van der Waals surface area (Å²) in [5, 5.41) is 2.83. The second-order valence-electron chi connectivity index (χ2n) is 9.24. The Kier molecular flexibility index (Phi) is 8.51. The second-order valence-corrected chi connectivity index (χ2v) is 13.7. The number of benzene rings is 3. The highest BCUT2D eigenvalue weighted by atomic mass is 32.2. The van der Waals surface area contributed by atoms with Gasteiger partial charge in [0.1, 0.15) is 0 Å². The van der Waals surface area contributed by atoms with Crippen molar-refractivity contribution in [1.29, 1.82) is 0 Å². The molecule has 3 aromatic carbocycles. The summed E-state index contributed by atoms with van der Waals surface area (Å²) in [5.74, 6) is -0.551. The van der Waals surface area contributed by atoms with Gasteiger partial charge >= 0.3 is 0 Å². The minimum absolute atomic E-state index is 0.0854. The molecule has 0 aromatic heterocycles. The summed E-state index contributed by atoms with van der Waals surface area (Å²) in [4.78, 5) is 14.2. The molecule has 1 aliphatic rings. The predicted molar refractivity (Wildman–Crippen MR) is 152 cm³/mol. The van der Waals surface area contributed by atoms with Gasteiger partial charge in [-0.2, -0.15) is 4.31 Å². The van der Waals surface area contributed by atoms with Crippen LogP contribution in [0.2, 0.25) is 0 Å². The molecule has 0 saturated carbocycles. The molecule has 0 aliphatic carbocycles. The molecular weight excluding hydrogens is 543 g/mol. The molecule has 0 spiro atoms. The van der Waals surface area contributed by atoms with Crippen molar-refractivity contribution in [1.82, 2.24) is 4.31 Å². The number of anilines is 2. The van der Waals surface area contributed by atoms with E-state index in [9.17, 15) is 21.6 Å². The fraction of sp³-hybridized carbons (Fsp3) is 0.296. The molecule has 1 heterocycles. The highest BCUT2D eigenvalue weighted by Gasteiger charge is 2.32. The number of rotatable bonds is 8. The zero-order chi connectivity index (χ0) is 27.5. The normalized spacial score (nSPS) is 15.2. The first-order chi connectivity index (χ1) is 18.0. The van der Waals surface area contributed by atoms with Crippen LogP contribution in [0.1, 0.15) is 24.0 Å². The lowest BCUT2D eigenvalue weighted by molar-refractivity contribution is -0.120. The van der Waals surface area contributed by atoms with E-state index in [1.165, 1.54) is 16.4 Å². The summed E-state index contributed by atoms with van der Waals surface area (Å²) in [5.41, 5.74) is 2.68. The van der Waals surface area contributed by atoms with Crippen molar-refractivity contribution in [2.75, 3.05) is 29.4 Å². The summed E-state index contributed by atoms with van der Waals surface area (Å²) in [7, 11) is -7.41. The fourth-order valence-electron chi connectivity index (χ4n) is 4.39. The van der Waals surface area contributed by atoms with E-state index in [0.29, 0.717) is 24.2 Å². The Hall–Kier alpha value is -2.86. The predicted octanol–water partition coefficient (Wildman–Crippen LogP) is 4.87. The molecule has 2 N–H and O–H groups in total. The van der Waals surface area contributed by atoms with E-state index in [0.717, 1.165) is 16.0 Å². The highest BCUT2D eigenvalue weighted by molar-refractivity contribution is 7.98. The number of amides is 1. The second kappa shape index (κ2) is 11.5. The van der Waals surface area contributed by atoms with Gasteiger partial charge < -0.3 is 5.32 Å². The molecule has 38 heavy (non-hydrogen) atoms. The van der Waals surface area contributed by atoms with Crippen molar-refractivity contribution < 1.29 is 21.6 Å². The number of para-hydroxylation sites is 1. The molecule has 1 aliphatic heterocycles. The summed E-state index contributed by atoms with van der Waals surface area (Å²) in [6.45, 7) is 4.19. The van der Waals surface area contributed by atoms with Crippen molar-refractivity contribution in [2.45, 2.75) is 41.4 Å². The van der Waals surface area contributed by atoms with Crippen LogP contribution in [0, 0.1) is 19.8 Å². The first-order valence-electron chi connectivity index (χ1n) is 12.2. The maximum Gasteiger partial charge on any atom is 0.261 e. The topological polar surface area (TPSA) is 113 Å². The maximum absolute atomic E-state index is 13.0. The van der Waals surface area contributed by atoms with Crippen molar-refractivity contribution in [3.63, 3.8) is 0 Å². The van der Waals surface area contributed by atoms with Crippen LogP contribution in [0.5, 0.6) is 0 Å². The molecule has 0 atom stereocenters. The smallest absolute Gasteiger partial charge is 0.261 e. The molecular formula is C27H31N3O5S3. The van der Waals surface area contributed by atoms with Crippen molar-refractivity contribution >= 4 is 49.1 Å². The molecule has 4 rings (SSSR count). The Bertz CT molecular complexity index is 1490. The number of aryl methyl sites for hydroxylation is 2. The fourth-order valence-corrected chi connectivity index (χ4v) is 7.47. The lowest BCUT2D eigenvalue weighted by Crippen LogP contribution is -2.41. The monoisotopic (exact) mass is 573 g/mol. The third-order valence-electron chi connectivity index (χ3n) is 6.67. The Morgan fingerprint density at radius 1 is 0.842 bits per heavy atom. The summed E-state index contributed by atoms with van der Waals surface area (Å²) in [6.07, 6.45) is 2.74. The summed E-state index contributed by atoms with van der Waals surface area (Å²) in [6, 6.07) is 18.3. The van der Waals surface area contributed by atoms with E-state index >= 15 is 0 Å². The SMILES string of the molecule is CSc1ccc(S(=O)(=O)N2CCC(C(=O)Nc3ccc(S(=O)(=O)Nc4c(C)cccc4C)cc3)CC2)cc1. The number of nitrogens with zero attached hydrogens (tertiary/aromatic N) is 1. The minimum atomic E-state index is -3.80. The first kappa shape index (κ1) is 28.2. The van der Waals surface area contributed by atoms with E-state index in [1.54, 1.807) is 48.2 Å². The maximum atomic E-state index is 13.0. The Morgan fingerprint density at radius 3 is 1.95 bits per heavy atom. The van der Waals surface area contributed by atoms with Gasteiger partial charge in [-0.25, -0.2) is 16.8 Å². The number of carbonyl (C=O) groups excluding carboxylic acids is 1. The van der Waals surface area contributed by atoms with E-state index in [4.69, 9.17) is 0 Å². The molecule has 1 fully saturated rings. The zero-order valence-corrected chi connectivity index (χ0v) is 23.9. The van der Waals surface area contributed by atoms with E-state index < -0.39 is 20.0 Å². The minimum Gasteiger partial charge on any atom is -0.326 e. The number of hydrogen-bond donors (Lipinski definition) is 2. The largest absolute Gasteiger partial charge is 0.326 e. The van der Waals surface area contributed by atoms with Gasteiger partial charge in [0.25, 0.3) is 10.0 Å². The van der Waals surface area contributed by atoms with Crippen LogP contribution in [0.3, 0.4) is 0 Å².